The van der Waals surface area contributed by atoms with Crippen LogP contribution in [0.3, 0.4) is 0 Å². The number of hydrogen-bond donors (Lipinski definition) is 0. The Hall–Kier alpha value is -3.28. The molecule has 3 aromatic heterocycles. The largest absolute Gasteiger partial charge is 0.444 e. The van der Waals surface area contributed by atoms with Gasteiger partial charge in [0.1, 0.15) is 34.8 Å². The highest BCUT2D eigenvalue weighted by molar-refractivity contribution is 8.32. The SMILES string of the molecule is CN(Cc1cc(F)c(-c2cc3c(-c4ccc(Cl)nc4)nn(COCCS(C)(C)C)c3cn2)c(F)c1)C(=O)OC(C)(C)C. The van der Waals surface area contributed by atoms with Gasteiger partial charge in [-0.15, -0.1) is 0 Å². The number of amides is 1. The topological polar surface area (TPSA) is 82.4 Å². The number of aromatic nitrogens is 4. The number of fused-ring (bicyclic) bond motifs is 1. The Kier molecular flexibility index (Phi) is 9.44. The number of carbonyl (C=O) groups excluding carboxylic acids is 1. The van der Waals surface area contributed by atoms with Crippen LogP contribution in [0, 0.1) is 11.6 Å². The lowest BCUT2D eigenvalue weighted by molar-refractivity contribution is 0.0284. The molecule has 1 amide bonds. The summed E-state index contributed by atoms with van der Waals surface area (Å²) < 4.78 is 43.8. The van der Waals surface area contributed by atoms with Crippen LogP contribution in [0.1, 0.15) is 26.3 Å². The minimum Gasteiger partial charge on any atom is -0.444 e. The first-order valence-corrected chi connectivity index (χ1v) is 16.7. The van der Waals surface area contributed by atoms with Gasteiger partial charge >= 0.3 is 6.09 Å². The first-order chi connectivity index (χ1) is 19.6. The Bertz CT molecular complexity index is 1560. The summed E-state index contributed by atoms with van der Waals surface area (Å²) in [6, 6.07) is 7.44. The maximum atomic E-state index is 15.4. The predicted molar refractivity (Wildman–Crippen MR) is 165 cm³/mol. The molecule has 1 aromatic carbocycles. The molecule has 0 unspecified atom stereocenters. The Morgan fingerprint density at radius 1 is 1.07 bits per heavy atom. The average molecular weight is 620 g/mol. The van der Waals surface area contributed by atoms with Crippen LogP contribution >= 0.6 is 21.6 Å². The number of carbonyl (C=O) groups is 1. The van der Waals surface area contributed by atoms with Crippen molar-refractivity contribution in [3.63, 3.8) is 0 Å². The molecule has 0 saturated carbocycles. The van der Waals surface area contributed by atoms with Gasteiger partial charge in [-0.2, -0.15) is 5.10 Å². The first kappa shape index (κ1) is 31.7. The summed E-state index contributed by atoms with van der Waals surface area (Å²) in [7, 11) is 0.793. The van der Waals surface area contributed by atoms with Crippen molar-refractivity contribution in [1.82, 2.24) is 24.6 Å². The standard InChI is InChI=1S/C30H36ClF2N5O3S/c1-30(2,3)41-29(39)37(4)17-19-12-22(32)27(23(33)13-19)24-14-21-25(16-34-24)38(18-40-10-11-42(5,6)7)36-28(21)20-8-9-26(31)35-15-20/h8-9,12-16H,10-11,17-18H2,1-7H3. The fourth-order valence-electron chi connectivity index (χ4n) is 4.14. The van der Waals surface area contributed by atoms with E-state index in [4.69, 9.17) is 26.2 Å². The van der Waals surface area contributed by atoms with E-state index in [-0.39, 0.29) is 30.1 Å². The smallest absolute Gasteiger partial charge is 0.410 e. The second-order valence-electron chi connectivity index (χ2n) is 11.9. The van der Waals surface area contributed by atoms with E-state index in [0.29, 0.717) is 33.9 Å². The molecular weight excluding hydrogens is 584 g/mol. The zero-order valence-electron chi connectivity index (χ0n) is 24.9. The van der Waals surface area contributed by atoms with Gasteiger partial charge in [0.15, 0.2) is 0 Å². The molecular formula is C30H36ClF2N5O3S. The Labute approximate surface area is 251 Å². The summed E-state index contributed by atoms with van der Waals surface area (Å²) in [5.74, 6) is -0.654. The van der Waals surface area contributed by atoms with E-state index in [2.05, 4.69) is 28.7 Å². The Morgan fingerprint density at radius 3 is 2.36 bits per heavy atom. The van der Waals surface area contributed by atoms with Crippen molar-refractivity contribution in [1.29, 1.82) is 0 Å². The average Bonchev–Trinajstić information content (AvgIpc) is 3.23. The molecule has 3 heterocycles. The molecule has 12 heteroatoms. The molecule has 0 aliphatic heterocycles. The van der Waals surface area contributed by atoms with Gasteiger partial charge in [0.25, 0.3) is 0 Å². The molecule has 0 aliphatic rings. The Morgan fingerprint density at radius 2 is 1.76 bits per heavy atom. The zero-order valence-corrected chi connectivity index (χ0v) is 26.4. The number of halogens is 3. The van der Waals surface area contributed by atoms with Crippen LogP contribution in [0.25, 0.3) is 33.4 Å². The lowest BCUT2D eigenvalue weighted by Crippen LogP contribution is -2.33. The van der Waals surface area contributed by atoms with Gasteiger partial charge in [-0.3, -0.25) is 4.98 Å². The second kappa shape index (κ2) is 12.5. The third-order valence-electron chi connectivity index (χ3n) is 6.17. The van der Waals surface area contributed by atoms with Crippen molar-refractivity contribution in [3.8, 4) is 22.5 Å². The van der Waals surface area contributed by atoms with E-state index in [1.807, 2.05) is 0 Å². The van der Waals surface area contributed by atoms with Crippen molar-refractivity contribution in [2.24, 2.45) is 0 Å². The summed E-state index contributed by atoms with van der Waals surface area (Å²) in [5, 5.41) is 5.69. The minimum atomic E-state index is -0.801. The van der Waals surface area contributed by atoms with Crippen LogP contribution in [-0.4, -0.2) is 74.5 Å². The number of pyridine rings is 2. The normalized spacial score (nSPS) is 12.5. The molecule has 226 valence electrons. The van der Waals surface area contributed by atoms with E-state index >= 15 is 8.78 Å². The maximum Gasteiger partial charge on any atom is 0.410 e. The molecule has 0 spiro atoms. The second-order valence-corrected chi connectivity index (χ2v) is 16.9. The van der Waals surface area contributed by atoms with Crippen molar-refractivity contribution in [3.05, 3.63) is 65.1 Å². The molecule has 0 fully saturated rings. The van der Waals surface area contributed by atoms with E-state index in [9.17, 15) is 4.79 Å². The van der Waals surface area contributed by atoms with Gasteiger partial charge in [0, 0.05) is 36.5 Å². The quantitative estimate of drug-likeness (QED) is 0.146. The molecule has 4 aromatic rings. The lowest BCUT2D eigenvalue weighted by atomic mass is 10.0. The molecule has 0 bridgehead atoms. The summed E-state index contributed by atoms with van der Waals surface area (Å²) in [6.45, 7) is 5.97. The summed E-state index contributed by atoms with van der Waals surface area (Å²) in [6.07, 6.45) is 9.20. The van der Waals surface area contributed by atoms with Gasteiger partial charge in [-0.1, -0.05) is 11.6 Å². The highest BCUT2D eigenvalue weighted by Crippen LogP contribution is 2.35. The number of hydrogen-bond acceptors (Lipinski definition) is 6. The van der Waals surface area contributed by atoms with Crippen LogP contribution in [0.15, 0.2) is 42.7 Å². The van der Waals surface area contributed by atoms with E-state index < -0.39 is 33.4 Å². The molecule has 0 saturated heterocycles. The third-order valence-corrected chi connectivity index (χ3v) is 7.79. The minimum absolute atomic E-state index is 0.0350. The number of benzene rings is 1. The van der Waals surface area contributed by atoms with Crippen molar-refractivity contribution >= 4 is 38.6 Å². The molecule has 0 radical (unpaired) electrons. The highest BCUT2D eigenvalue weighted by Gasteiger charge is 2.22. The molecule has 4 rings (SSSR count). The van der Waals surface area contributed by atoms with Crippen LogP contribution < -0.4 is 0 Å². The molecule has 8 nitrogen and oxygen atoms in total. The highest BCUT2D eigenvalue weighted by atomic mass is 35.5. The fraction of sp³-hybridized carbons (Fsp3) is 0.400. The van der Waals surface area contributed by atoms with Crippen molar-refractivity contribution in [2.45, 2.75) is 39.6 Å². The molecule has 0 aliphatic carbocycles. The molecule has 0 N–H and O–H groups in total. The van der Waals surface area contributed by atoms with Gasteiger partial charge in [-0.25, -0.2) is 33.3 Å². The van der Waals surface area contributed by atoms with Crippen LogP contribution in [0.2, 0.25) is 5.15 Å². The van der Waals surface area contributed by atoms with Crippen LogP contribution in [0.5, 0.6) is 0 Å². The number of nitrogens with zero attached hydrogens (tertiary/aromatic N) is 5. The Balaban J connectivity index is 1.68. The monoisotopic (exact) mass is 619 g/mol. The van der Waals surface area contributed by atoms with Crippen molar-refractivity contribution < 1.29 is 23.0 Å². The fourth-order valence-corrected chi connectivity index (χ4v) is 4.87. The number of ether oxygens (including phenoxy) is 2. The van der Waals surface area contributed by atoms with Gasteiger partial charge in [0.2, 0.25) is 0 Å². The molecule has 0 atom stereocenters. The van der Waals surface area contributed by atoms with E-state index in [0.717, 1.165) is 5.75 Å². The summed E-state index contributed by atoms with van der Waals surface area (Å²) in [5.41, 5.74) is 1.29. The summed E-state index contributed by atoms with van der Waals surface area (Å²) in [4.78, 5) is 22.1. The van der Waals surface area contributed by atoms with E-state index in [1.165, 1.54) is 30.3 Å². The summed E-state index contributed by atoms with van der Waals surface area (Å²) >= 11 is 6.00. The first-order valence-electron chi connectivity index (χ1n) is 13.3. The zero-order chi connectivity index (χ0) is 30.8. The third kappa shape index (κ3) is 7.96. The van der Waals surface area contributed by atoms with Crippen LogP contribution in [-0.2, 0) is 22.7 Å². The molecule has 42 heavy (non-hydrogen) atoms. The van der Waals surface area contributed by atoms with Gasteiger partial charge < -0.3 is 14.4 Å². The number of rotatable bonds is 9. The van der Waals surface area contributed by atoms with Gasteiger partial charge in [-0.05, 0) is 75.4 Å². The van der Waals surface area contributed by atoms with Gasteiger partial charge in [0.05, 0.1) is 29.6 Å². The maximum absolute atomic E-state index is 15.4. The predicted octanol–water partition coefficient (Wildman–Crippen LogP) is 7.13. The van der Waals surface area contributed by atoms with E-state index in [1.54, 1.807) is 49.8 Å². The van der Waals surface area contributed by atoms with Crippen molar-refractivity contribution in [2.75, 3.05) is 38.2 Å². The lowest BCUT2D eigenvalue weighted by Gasteiger charge is -2.24. The van der Waals surface area contributed by atoms with Crippen LogP contribution in [0.4, 0.5) is 13.6 Å².